The molecule has 0 unspecified atom stereocenters. The van der Waals surface area contributed by atoms with E-state index in [1.807, 2.05) is 32.0 Å². The Morgan fingerprint density at radius 1 is 1.04 bits per heavy atom. The summed E-state index contributed by atoms with van der Waals surface area (Å²) in [6.07, 6.45) is 0. The summed E-state index contributed by atoms with van der Waals surface area (Å²) in [6, 6.07) is 10.9. The van der Waals surface area contributed by atoms with Crippen LogP contribution < -0.4 is 10.6 Å². The van der Waals surface area contributed by atoms with Gasteiger partial charge >= 0.3 is 0 Å². The number of rotatable bonds is 6. The lowest BCUT2D eigenvalue weighted by atomic mass is 10.1. The fourth-order valence-corrected chi connectivity index (χ4v) is 3.48. The van der Waals surface area contributed by atoms with Gasteiger partial charge in [-0.1, -0.05) is 41.4 Å². The van der Waals surface area contributed by atoms with Gasteiger partial charge in [-0.05, 0) is 43.2 Å². The highest BCUT2D eigenvalue weighted by atomic mass is 35.5. The molecule has 0 aromatic heterocycles. The third-order valence-corrected chi connectivity index (χ3v) is 5.18. The maximum absolute atomic E-state index is 12.0. The molecule has 25 heavy (non-hydrogen) atoms. The second-order valence-electron chi connectivity index (χ2n) is 5.46. The lowest BCUT2D eigenvalue weighted by Crippen LogP contribution is -2.34. The van der Waals surface area contributed by atoms with Gasteiger partial charge in [-0.3, -0.25) is 9.59 Å². The van der Waals surface area contributed by atoms with Gasteiger partial charge in [0, 0.05) is 15.6 Å². The molecule has 2 N–H and O–H groups in total. The summed E-state index contributed by atoms with van der Waals surface area (Å²) in [7, 11) is 0. The van der Waals surface area contributed by atoms with E-state index in [1.54, 1.807) is 18.2 Å². The normalized spacial score (nSPS) is 10.4. The number of anilines is 1. The van der Waals surface area contributed by atoms with Gasteiger partial charge in [0.05, 0.1) is 17.3 Å². The average molecular weight is 397 g/mol. The van der Waals surface area contributed by atoms with Crippen molar-refractivity contribution in [2.75, 3.05) is 17.6 Å². The SMILES string of the molecule is Cc1cccc(C)c1NC(=O)CNC(=O)CSc1cc(Cl)ccc1Cl. The minimum Gasteiger partial charge on any atom is -0.346 e. The Bertz CT molecular complexity index is 776. The number of carbonyl (C=O) groups excluding carboxylic acids is 2. The molecule has 0 atom stereocenters. The van der Waals surface area contributed by atoms with Crippen LogP contribution in [0.15, 0.2) is 41.3 Å². The second kappa shape index (κ2) is 9.13. The summed E-state index contributed by atoms with van der Waals surface area (Å²) in [6.45, 7) is 3.76. The van der Waals surface area contributed by atoms with Crippen LogP contribution in [-0.4, -0.2) is 24.1 Å². The van der Waals surface area contributed by atoms with Crippen LogP contribution in [0, 0.1) is 13.8 Å². The summed E-state index contributed by atoms with van der Waals surface area (Å²) in [5.41, 5.74) is 2.73. The number of halogens is 2. The van der Waals surface area contributed by atoms with Crippen molar-refractivity contribution < 1.29 is 9.59 Å². The first-order valence-corrected chi connectivity index (χ1v) is 9.31. The van der Waals surface area contributed by atoms with Crippen molar-refractivity contribution in [3.05, 3.63) is 57.6 Å². The smallest absolute Gasteiger partial charge is 0.243 e. The van der Waals surface area contributed by atoms with E-state index in [2.05, 4.69) is 10.6 Å². The van der Waals surface area contributed by atoms with Gasteiger partial charge in [-0.15, -0.1) is 11.8 Å². The van der Waals surface area contributed by atoms with E-state index in [-0.39, 0.29) is 24.1 Å². The Morgan fingerprint density at radius 3 is 2.40 bits per heavy atom. The number of para-hydroxylation sites is 1. The van der Waals surface area contributed by atoms with Gasteiger partial charge in [-0.2, -0.15) is 0 Å². The number of nitrogens with one attached hydrogen (secondary N) is 2. The third-order valence-electron chi connectivity index (χ3n) is 3.44. The van der Waals surface area contributed by atoms with E-state index in [1.165, 1.54) is 11.8 Å². The van der Waals surface area contributed by atoms with Crippen LogP contribution in [0.3, 0.4) is 0 Å². The summed E-state index contributed by atoms with van der Waals surface area (Å²) >= 11 is 13.2. The molecule has 0 radical (unpaired) electrons. The molecule has 0 saturated heterocycles. The Hall–Kier alpha value is -1.69. The number of amides is 2. The number of carbonyl (C=O) groups is 2. The topological polar surface area (TPSA) is 58.2 Å². The Morgan fingerprint density at radius 2 is 1.72 bits per heavy atom. The number of hydrogen-bond acceptors (Lipinski definition) is 3. The molecule has 2 aromatic rings. The van der Waals surface area contributed by atoms with Crippen LogP contribution in [0.5, 0.6) is 0 Å². The predicted octanol–water partition coefficient (Wildman–Crippen LogP) is 4.46. The largest absolute Gasteiger partial charge is 0.346 e. The molecule has 0 spiro atoms. The van der Waals surface area contributed by atoms with Gasteiger partial charge in [0.25, 0.3) is 0 Å². The highest BCUT2D eigenvalue weighted by molar-refractivity contribution is 8.00. The van der Waals surface area contributed by atoms with Crippen molar-refractivity contribution in [2.24, 2.45) is 0 Å². The molecule has 0 saturated carbocycles. The minimum atomic E-state index is -0.267. The minimum absolute atomic E-state index is 0.0869. The molecule has 0 bridgehead atoms. The first kappa shape index (κ1) is 19.6. The quantitative estimate of drug-likeness (QED) is 0.708. The summed E-state index contributed by atoms with van der Waals surface area (Å²) < 4.78 is 0. The Labute approximate surface area is 161 Å². The van der Waals surface area contributed by atoms with Gasteiger partial charge in [-0.25, -0.2) is 0 Å². The molecule has 2 rings (SSSR count). The molecule has 132 valence electrons. The molecular weight excluding hydrogens is 379 g/mol. The molecule has 2 amide bonds. The highest BCUT2D eigenvalue weighted by Crippen LogP contribution is 2.29. The highest BCUT2D eigenvalue weighted by Gasteiger charge is 2.10. The summed E-state index contributed by atoms with van der Waals surface area (Å²) in [4.78, 5) is 24.7. The number of hydrogen-bond donors (Lipinski definition) is 2. The first-order valence-electron chi connectivity index (χ1n) is 7.57. The van der Waals surface area contributed by atoms with Crippen LogP contribution in [0.1, 0.15) is 11.1 Å². The predicted molar refractivity (Wildman–Crippen MR) is 105 cm³/mol. The monoisotopic (exact) mass is 396 g/mol. The molecule has 0 aliphatic heterocycles. The molecule has 0 aliphatic carbocycles. The van der Waals surface area contributed by atoms with Crippen molar-refractivity contribution in [2.45, 2.75) is 18.7 Å². The second-order valence-corrected chi connectivity index (χ2v) is 7.32. The molecule has 7 heteroatoms. The van der Waals surface area contributed by atoms with Gasteiger partial charge in [0.15, 0.2) is 0 Å². The van der Waals surface area contributed by atoms with Crippen LogP contribution in [-0.2, 0) is 9.59 Å². The standard InChI is InChI=1S/C18H18Cl2N2O2S/c1-11-4-3-5-12(2)18(11)22-16(23)9-21-17(24)10-25-15-8-13(19)6-7-14(15)20/h3-8H,9-10H2,1-2H3,(H,21,24)(H,22,23). The number of thioether (sulfide) groups is 1. The Kier molecular flexibility index (Phi) is 7.17. The van der Waals surface area contributed by atoms with Crippen molar-refractivity contribution in [1.82, 2.24) is 5.32 Å². The van der Waals surface area contributed by atoms with E-state index in [4.69, 9.17) is 23.2 Å². The molecule has 0 heterocycles. The summed E-state index contributed by atoms with van der Waals surface area (Å²) in [5.74, 6) is -0.370. The maximum atomic E-state index is 12.0. The first-order chi connectivity index (χ1) is 11.9. The number of benzene rings is 2. The maximum Gasteiger partial charge on any atom is 0.243 e. The lowest BCUT2D eigenvalue weighted by Gasteiger charge is -2.12. The van der Waals surface area contributed by atoms with Gasteiger partial charge < -0.3 is 10.6 Å². The van der Waals surface area contributed by atoms with E-state index < -0.39 is 0 Å². The molecule has 0 fully saturated rings. The van der Waals surface area contributed by atoms with Crippen molar-refractivity contribution in [1.29, 1.82) is 0 Å². The van der Waals surface area contributed by atoms with Crippen molar-refractivity contribution in [3.63, 3.8) is 0 Å². The zero-order valence-corrected chi connectivity index (χ0v) is 16.2. The molecular formula is C18H18Cl2N2O2S. The van der Waals surface area contributed by atoms with E-state index >= 15 is 0 Å². The Balaban J connectivity index is 1.81. The zero-order chi connectivity index (χ0) is 18.4. The van der Waals surface area contributed by atoms with Crippen LogP contribution in [0.25, 0.3) is 0 Å². The average Bonchev–Trinajstić information content (AvgIpc) is 2.57. The van der Waals surface area contributed by atoms with Crippen LogP contribution in [0.2, 0.25) is 10.0 Å². The molecule has 0 aliphatic rings. The van der Waals surface area contributed by atoms with Crippen LogP contribution >= 0.6 is 35.0 Å². The van der Waals surface area contributed by atoms with E-state index in [0.717, 1.165) is 21.7 Å². The fourth-order valence-electron chi connectivity index (χ4n) is 2.16. The van der Waals surface area contributed by atoms with Crippen molar-refractivity contribution in [3.8, 4) is 0 Å². The van der Waals surface area contributed by atoms with Crippen LogP contribution in [0.4, 0.5) is 5.69 Å². The van der Waals surface area contributed by atoms with E-state index in [0.29, 0.717) is 10.0 Å². The van der Waals surface area contributed by atoms with Gasteiger partial charge in [0.2, 0.25) is 11.8 Å². The van der Waals surface area contributed by atoms with Gasteiger partial charge in [0.1, 0.15) is 0 Å². The number of aryl methyl sites for hydroxylation is 2. The zero-order valence-electron chi connectivity index (χ0n) is 13.9. The van der Waals surface area contributed by atoms with E-state index in [9.17, 15) is 9.59 Å². The molecule has 2 aromatic carbocycles. The summed E-state index contributed by atoms with van der Waals surface area (Å²) in [5, 5.41) is 6.52. The lowest BCUT2D eigenvalue weighted by molar-refractivity contribution is -0.122. The van der Waals surface area contributed by atoms with Crippen molar-refractivity contribution >= 4 is 52.5 Å². The third kappa shape index (κ3) is 5.96. The molecule has 4 nitrogen and oxygen atoms in total. The fraction of sp³-hybridized carbons (Fsp3) is 0.222.